The van der Waals surface area contributed by atoms with E-state index in [1.54, 1.807) is 11.8 Å². The molecule has 0 aliphatic carbocycles. The molecule has 6 nitrogen and oxygen atoms in total. The van der Waals surface area contributed by atoms with Gasteiger partial charge in [-0.15, -0.1) is 0 Å². The number of carbonyl (C=O) groups excluding carboxylic acids is 2. The van der Waals surface area contributed by atoms with Crippen LogP contribution in [0.5, 0.6) is 0 Å². The number of rotatable bonds is 5. The summed E-state index contributed by atoms with van der Waals surface area (Å²) < 4.78 is 0. The Bertz CT molecular complexity index is 381. The lowest BCUT2D eigenvalue weighted by molar-refractivity contribution is -0.144. The Hall–Kier alpha value is -1.59. The smallest absolute Gasteiger partial charge is 0.326 e. The molecule has 114 valence electrons. The standard InChI is InChI=1S/C14H24N2O4/c1-4-11(14(19)20)15-12(17)10-6-5-7-16(8-10)13(18)9(2)3/h9-11H,4-8H2,1-3H3,(H,15,17)(H,19,20)/t10?,11-/m0/s1. The fourth-order valence-corrected chi connectivity index (χ4v) is 2.38. The van der Waals surface area contributed by atoms with Crippen LogP contribution in [-0.4, -0.2) is 46.9 Å². The number of amides is 2. The van der Waals surface area contributed by atoms with Crippen LogP contribution in [0.4, 0.5) is 0 Å². The molecule has 0 spiro atoms. The van der Waals surface area contributed by atoms with Gasteiger partial charge in [-0.1, -0.05) is 20.8 Å². The van der Waals surface area contributed by atoms with Gasteiger partial charge >= 0.3 is 5.97 Å². The zero-order valence-electron chi connectivity index (χ0n) is 12.4. The Kier molecular flexibility index (Phi) is 5.98. The number of carboxylic acids is 1. The summed E-state index contributed by atoms with van der Waals surface area (Å²) in [6.07, 6.45) is 1.83. The molecule has 0 aromatic heterocycles. The quantitative estimate of drug-likeness (QED) is 0.784. The van der Waals surface area contributed by atoms with E-state index in [9.17, 15) is 14.4 Å². The van der Waals surface area contributed by atoms with Gasteiger partial charge in [-0.05, 0) is 19.3 Å². The summed E-state index contributed by atoms with van der Waals surface area (Å²) in [6, 6.07) is -0.848. The fraction of sp³-hybridized carbons (Fsp3) is 0.786. The number of carboxylic acid groups (broad SMARTS) is 1. The Morgan fingerprint density at radius 3 is 2.50 bits per heavy atom. The molecule has 2 amide bonds. The zero-order valence-corrected chi connectivity index (χ0v) is 12.4. The first-order valence-electron chi connectivity index (χ1n) is 7.18. The van der Waals surface area contributed by atoms with E-state index in [0.717, 1.165) is 6.42 Å². The molecule has 2 N–H and O–H groups in total. The van der Waals surface area contributed by atoms with E-state index in [2.05, 4.69) is 5.32 Å². The van der Waals surface area contributed by atoms with Crippen molar-refractivity contribution in [2.45, 2.75) is 46.1 Å². The van der Waals surface area contributed by atoms with Gasteiger partial charge in [0.1, 0.15) is 6.04 Å². The van der Waals surface area contributed by atoms with Crippen LogP contribution in [0, 0.1) is 11.8 Å². The van der Waals surface area contributed by atoms with Crippen LogP contribution in [-0.2, 0) is 14.4 Å². The van der Waals surface area contributed by atoms with Crippen LogP contribution in [0.1, 0.15) is 40.0 Å². The first-order valence-corrected chi connectivity index (χ1v) is 7.18. The highest BCUT2D eigenvalue weighted by atomic mass is 16.4. The Morgan fingerprint density at radius 2 is 2.00 bits per heavy atom. The van der Waals surface area contributed by atoms with Crippen molar-refractivity contribution in [3.63, 3.8) is 0 Å². The van der Waals surface area contributed by atoms with Gasteiger partial charge in [0.2, 0.25) is 11.8 Å². The first-order chi connectivity index (χ1) is 9.36. The van der Waals surface area contributed by atoms with Crippen LogP contribution in [0.3, 0.4) is 0 Å². The van der Waals surface area contributed by atoms with Crippen molar-refractivity contribution in [1.29, 1.82) is 0 Å². The first kappa shape index (κ1) is 16.5. The molecule has 0 bridgehead atoms. The molecule has 0 saturated carbocycles. The van der Waals surface area contributed by atoms with Crippen molar-refractivity contribution in [3.8, 4) is 0 Å². The summed E-state index contributed by atoms with van der Waals surface area (Å²) >= 11 is 0. The molecule has 1 saturated heterocycles. The Balaban J connectivity index is 2.60. The molecular weight excluding hydrogens is 260 g/mol. The molecule has 1 unspecified atom stereocenters. The number of carbonyl (C=O) groups is 3. The Labute approximate surface area is 119 Å². The predicted octanol–water partition coefficient (Wildman–Crippen LogP) is 0.860. The fourth-order valence-electron chi connectivity index (χ4n) is 2.38. The Morgan fingerprint density at radius 1 is 1.35 bits per heavy atom. The maximum Gasteiger partial charge on any atom is 0.326 e. The average Bonchev–Trinajstić information content (AvgIpc) is 2.43. The van der Waals surface area contributed by atoms with Crippen molar-refractivity contribution in [2.75, 3.05) is 13.1 Å². The van der Waals surface area contributed by atoms with Crippen LogP contribution < -0.4 is 5.32 Å². The monoisotopic (exact) mass is 284 g/mol. The number of aliphatic carboxylic acids is 1. The molecule has 20 heavy (non-hydrogen) atoms. The molecule has 6 heteroatoms. The summed E-state index contributed by atoms with van der Waals surface area (Å²) in [6.45, 7) is 6.46. The van der Waals surface area contributed by atoms with Crippen molar-refractivity contribution in [2.24, 2.45) is 11.8 Å². The molecule has 2 atom stereocenters. The van der Waals surface area contributed by atoms with Crippen molar-refractivity contribution < 1.29 is 19.5 Å². The summed E-state index contributed by atoms with van der Waals surface area (Å²) in [7, 11) is 0. The van der Waals surface area contributed by atoms with Crippen LogP contribution in [0.25, 0.3) is 0 Å². The minimum atomic E-state index is -1.02. The van der Waals surface area contributed by atoms with Crippen LogP contribution in [0.15, 0.2) is 0 Å². The van der Waals surface area contributed by atoms with Gasteiger partial charge in [-0.3, -0.25) is 9.59 Å². The lowest BCUT2D eigenvalue weighted by atomic mass is 9.95. The molecule has 0 aromatic carbocycles. The second-order valence-electron chi connectivity index (χ2n) is 5.59. The summed E-state index contributed by atoms with van der Waals surface area (Å²) in [5, 5.41) is 11.5. The second-order valence-corrected chi connectivity index (χ2v) is 5.59. The molecule has 1 aliphatic heterocycles. The maximum absolute atomic E-state index is 12.1. The third kappa shape index (κ3) is 4.21. The van der Waals surface area contributed by atoms with Gasteiger partial charge in [-0.25, -0.2) is 4.79 Å². The highest BCUT2D eigenvalue weighted by molar-refractivity contribution is 5.86. The van der Waals surface area contributed by atoms with E-state index in [4.69, 9.17) is 5.11 Å². The number of nitrogens with one attached hydrogen (secondary N) is 1. The van der Waals surface area contributed by atoms with E-state index in [-0.39, 0.29) is 23.7 Å². The minimum Gasteiger partial charge on any atom is -0.480 e. The van der Waals surface area contributed by atoms with Crippen LogP contribution >= 0.6 is 0 Å². The highest BCUT2D eigenvalue weighted by Crippen LogP contribution is 2.18. The molecular formula is C14H24N2O4. The van der Waals surface area contributed by atoms with E-state index >= 15 is 0 Å². The number of likely N-dealkylation sites (tertiary alicyclic amines) is 1. The molecule has 0 aromatic rings. The van der Waals surface area contributed by atoms with Crippen LogP contribution in [0.2, 0.25) is 0 Å². The molecule has 1 rings (SSSR count). The number of piperidine rings is 1. The second kappa shape index (κ2) is 7.26. The van der Waals surface area contributed by atoms with Crippen molar-refractivity contribution in [3.05, 3.63) is 0 Å². The largest absolute Gasteiger partial charge is 0.480 e. The number of nitrogens with zero attached hydrogens (tertiary/aromatic N) is 1. The normalized spacial score (nSPS) is 20.6. The lowest BCUT2D eigenvalue weighted by Crippen LogP contribution is -2.49. The van der Waals surface area contributed by atoms with Gasteiger partial charge in [0.05, 0.1) is 5.92 Å². The number of hydrogen-bond donors (Lipinski definition) is 2. The third-order valence-corrected chi connectivity index (χ3v) is 3.62. The van der Waals surface area contributed by atoms with E-state index in [0.29, 0.717) is 25.9 Å². The van der Waals surface area contributed by atoms with Gasteiger partial charge in [0.25, 0.3) is 0 Å². The minimum absolute atomic E-state index is 0.0489. The topological polar surface area (TPSA) is 86.7 Å². The molecule has 1 aliphatic rings. The van der Waals surface area contributed by atoms with E-state index in [1.165, 1.54) is 0 Å². The predicted molar refractivity (Wildman–Crippen MR) is 74.0 cm³/mol. The summed E-state index contributed by atoms with van der Waals surface area (Å²) in [4.78, 5) is 36.7. The van der Waals surface area contributed by atoms with Gasteiger partial charge < -0.3 is 15.3 Å². The van der Waals surface area contributed by atoms with Crippen molar-refractivity contribution in [1.82, 2.24) is 10.2 Å². The van der Waals surface area contributed by atoms with Gasteiger partial charge in [-0.2, -0.15) is 0 Å². The maximum atomic E-state index is 12.1. The SMILES string of the molecule is CC[C@H](NC(=O)C1CCCN(C(=O)C(C)C)C1)C(=O)O. The third-order valence-electron chi connectivity index (χ3n) is 3.62. The van der Waals surface area contributed by atoms with Gasteiger partial charge in [0, 0.05) is 19.0 Å². The van der Waals surface area contributed by atoms with E-state index in [1.807, 2.05) is 13.8 Å². The summed E-state index contributed by atoms with van der Waals surface area (Å²) in [5.41, 5.74) is 0. The zero-order chi connectivity index (χ0) is 15.3. The molecule has 1 fully saturated rings. The molecule has 1 heterocycles. The van der Waals surface area contributed by atoms with E-state index < -0.39 is 12.0 Å². The average molecular weight is 284 g/mol. The van der Waals surface area contributed by atoms with Crippen molar-refractivity contribution >= 4 is 17.8 Å². The lowest BCUT2D eigenvalue weighted by Gasteiger charge is -2.33. The number of hydrogen-bond acceptors (Lipinski definition) is 3. The highest BCUT2D eigenvalue weighted by Gasteiger charge is 2.31. The molecule has 0 radical (unpaired) electrons. The summed E-state index contributed by atoms with van der Waals surface area (Å²) in [5.74, 6) is -1.63. The van der Waals surface area contributed by atoms with Gasteiger partial charge in [0.15, 0.2) is 0 Å².